The van der Waals surface area contributed by atoms with Crippen molar-refractivity contribution in [2.45, 2.75) is 12.6 Å². The minimum absolute atomic E-state index is 0.00425. The predicted molar refractivity (Wildman–Crippen MR) is 74.7 cm³/mol. The Kier molecular flexibility index (Phi) is 4.68. The summed E-state index contributed by atoms with van der Waals surface area (Å²) in [6.45, 7) is 0. The molecule has 1 heterocycles. The zero-order valence-electron chi connectivity index (χ0n) is 11.6. The quantitative estimate of drug-likeness (QED) is 0.666. The number of halogens is 3. The van der Waals surface area contributed by atoms with Gasteiger partial charge in [0, 0.05) is 17.6 Å². The maximum atomic E-state index is 12.5. The van der Waals surface area contributed by atoms with Gasteiger partial charge in [0.1, 0.15) is 5.76 Å². The van der Waals surface area contributed by atoms with Gasteiger partial charge in [-0.05, 0) is 30.3 Å². The van der Waals surface area contributed by atoms with E-state index in [0.29, 0.717) is 0 Å². The number of carbonyl (C=O) groups is 2. The van der Waals surface area contributed by atoms with Gasteiger partial charge in [-0.25, -0.2) is 4.79 Å². The number of benzene rings is 1. The molecule has 0 bridgehead atoms. The lowest BCUT2D eigenvalue weighted by atomic mass is 10.0. The Balaban J connectivity index is 2.18. The molecule has 4 nitrogen and oxygen atoms in total. The molecule has 2 aromatic rings. The summed E-state index contributed by atoms with van der Waals surface area (Å²) >= 11 is 0. The standard InChI is InChI=1S/C16H11F3O4/c17-16(18,19)12-5-3-10(4-6-12)14(20)9-11(15(21)22)8-13-2-1-7-23-13/h1-8H,9H2,(H,21,22). The summed E-state index contributed by atoms with van der Waals surface area (Å²) in [6.07, 6.45) is -2.40. The van der Waals surface area contributed by atoms with E-state index in [1.165, 1.54) is 18.4 Å². The minimum atomic E-state index is -4.49. The van der Waals surface area contributed by atoms with Crippen LogP contribution in [-0.4, -0.2) is 16.9 Å². The third kappa shape index (κ3) is 4.32. The van der Waals surface area contributed by atoms with Crippen molar-refractivity contribution < 1.29 is 32.3 Å². The van der Waals surface area contributed by atoms with Crippen LogP contribution in [0.5, 0.6) is 0 Å². The highest BCUT2D eigenvalue weighted by Gasteiger charge is 2.30. The molecule has 0 amide bonds. The number of carboxylic acid groups (broad SMARTS) is 1. The Morgan fingerprint density at radius 2 is 1.78 bits per heavy atom. The highest BCUT2D eigenvalue weighted by atomic mass is 19.4. The summed E-state index contributed by atoms with van der Waals surface area (Å²) in [5.74, 6) is -1.64. The number of ketones is 1. The molecule has 23 heavy (non-hydrogen) atoms. The highest BCUT2D eigenvalue weighted by Crippen LogP contribution is 2.29. The largest absolute Gasteiger partial charge is 0.478 e. The number of furan rings is 1. The van der Waals surface area contributed by atoms with E-state index in [0.717, 1.165) is 24.3 Å². The van der Waals surface area contributed by atoms with Gasteiger partial charge < -0.3 is 9.52 Å². The zero-order valence-corrected chi connectivity index (χ0v) is 11.6. The van der Waals surface area contributed by atoms with Gasteiger partial charge in [-0.1, -0.05) is 12.1 Å². The molecule has 0 aliphatic carbocycles. The van der Waals surface area contributed by atoms with Crippen LogP contribution >= 0.6 is 0 Å². The molecule has 0 aliphatic heterocycles. The smallest absolute Gasteiger partial charge is 0.416 e. The third-order valence-electron chi connectivity index (χ3n) is 3.02. The van der Waals surface area contributed by atoms with Crippen LogP contribution in [-0.2, 0) is 11.0 Å². The first kappa shape index (κ1) is 16.5. The lowest BCUT2D eigenvalue weighted by molar-refractivity contribution is -0.137. The molecular weight excluding hydrogens is 313 g/mol. The average Bonchev–Trinajstić information content (AvgIpc) is 2.98. The lowest BCUT2D eigenvalue weighted by Gasteiger charge is -2.07. The van der Waals surface area contributed by atoms with Crippen molar-refractivity contribution in [3.8, 4) is 0 Å². The molecule has 120 valence electrons. The van der Waals surface area contributed by atoms with Crippen LogP contribution in [0.4, 0.5) is 13.2 Å². The van der Waals surface area contributed by atoms with E-state index in [-0.39, 0.29) is 16.9 Å². The zero-order chi connectivity index (χ0) is 17.0. The maximum absolute atomic E-state index is 12.5. The Labute approximate surface area is 128 Å². The number of hydrogen-bond acceptors (Lipinski definition) is 3. The molecule has 0 atom stereocenters. The predicted octanol–water partition coefficient (Wildman–Crippen LogP) is 4.04. The van der Waals surface area contributed by atoms with Crippen LogP contribution in [0.25, 0.3) is 6.08 Å². The van der Waals surface area contributed by atoms with E-state index in [4.69, 9.17) is 9.52 Å². The monoisotopic (exact) mass is 324 g/mol. The maximum Gasteiger partial charge on any atom is 0.416 e. The molecule has 0 unspecified atom stereocenters. The summed E-state index contributed by atoms with van der Waals surface area (Å²) < 4.78 is 42.4. The highest BCUT2D eigenvalue weighted by molar-refractivity contribution is 6.04. The number of carbonyl (C=O) groups excluding carboxylic acids is 1. The van der Waals surface area contributed by atoms with Crippen LogP contribution in [0.15, 0.2) is 52.7 Å². The first-order valence-corrected chi connectivity index (χ1v) is 6.45. The summed E-state index contributed by atoms with van der Waals surface area (Å²) in [5.41, 5.74) is -1.09. The van der Waals surface area contributed by atoms with Crippen LogP contribution in [0.1, 0.15) is 28.1 Å². The van der Waals surface area contributed by atoms with Crippen molar-refractivity contribution in [2.24, 2.45) is 0 Å². The van der Waals surface area contributed by atoms with Crippen molar-refractivity contribution >= 4 is 17.8 Å². The van der Waals surface area contributed by atoms with Gasteiger partial charge in [-0.2, -0.15) is 13.2 Å². The van der Waals surface area contributed by atoms with Crippen LogP contribution in [0.3, 0.4) is 0 Å². The topological polar surface area (TPSA) is 67.5 Å². The second-order valence-corrected chi connectivity index (χ2v) is 4.67. The number of Topliss-reactive ketones (excluding diaryl/α,β-unsaturated/α-hetero) is 1. The SMILES string of the molecule is O=C(O)C(=Cc1ccco1)CC(=O)c1ccc(C(F)(F)F)cc1. The molecule has 0 fully saturated rings. The molecular formula is C16H11F3O4. The number of alkyl halides is 3. The molecule has 0 saturated heterocycles. The van der Waals surface area contributed by atoms with Gasteiger partial charge in [-0.3, -0.25) is 4.79 Å². The Hall–Kier alpha value is -2.83. The number of aliphatic carboxylic acids is 1. The van der Waals surface area contributed by atoms with E-state index < -0.39 is 29.9 Å². The second-order valence-electron chi connectivity index (χ2n) is 4.67. The summed E-state index contributed by atoms with van der Waals surface area (Å²) in [7, 11) is 0. The van der Waals surface area contributed by atoms with Crippen LogP contribution < -0.4 is 0 Å². The molecule has 7 heteroatoms. The molecule has 1 aromatic carbocycles. The minimum Gasteiger partial charge on any atom is -0.478 e. The molecule has 1 N–H and O–H groups in total. The van der Waals surface area contributed by atoms with Crippen molar-refractivity contribution in [2.75, 3.05) is 0 Å². The summed E-state index contributed by atoms with van der Waals surface area (Å²) in [4.78, 5) is 23.2. The Morgan fingerprint density at radius 1 is 1.13 bits per heavy atom. The van der Waals surface area contributed by atoms with E-state index in [2.05, 4.69) is 0 Å². The van der Waals surface area contributed by atoms with E-state index in [1.54, 1.807) is 6.07 Å². The second kappa shape index (κ2) is 6.51. The van der Waals surface area contributed by atoms with E-state index in [1.807, 2.05) is 0 Å². The molecule has 0 aliphatic rings. The number of carboxylic acids is 1. The van der Waals surface area contributed by atoms with Gasteiger partial charge in [-0.15, -0.1) is 0 Å². The van der Waals surface area contributed by atoms with Gasteiger partial charge >= 0.3 is 12.1 Å². The van der Waals surface area contributed by atoms with Gasteiger partial charge in [0.05, 0.1) is 11.8 Å². The van der Waals surface area contributed by atoms with Crippen molar-refractivity contribution in [1.82, 2.24) is 0 Å². The molecule has 0 saturated carbocycles. The fraction of sp³-hybridized carbons (Fsp3) is 0.125. The van der Waals surface area contributed by atoms with E-state index >= 15 is 0 Å². The number of rotatable bonds is 5. The van der Waals surface area contributed by atoms with Crippen molar-refractivity contribution in [3.63, 3.8) is 0 Å². The van der Waals surface area contributed by atoms with E-state index in [9.17, 15) is 22.8 Å². The fourth-order valence-electron chi connectivity index (χ4n) is 1.85. The van der Waals surface area contributed by atoms with Crippen molar-refractivity contribution in [1.29, 1.82) is 0 Å². The summed E-state index contributed by atoms with van der Waals surface area (Å²) in [6, 6.07) is 6.69. The van der Waals surface area contributed by atoms with Crippen LogP contribution in [0, 0.1) is 0 Å². The first-order chi connectivity index (χ1) is 10.8. The molecule has 0 radical (unpaired) electrons. The Bertz CT molecular complexity index is 726. The van der Waals surface area contributed by atoms with Gasteiger partial charge in [0.25, 0.3) is 0 Å². The van der Waals surface area contributed by atoms with Crippen LogP contribution in [0.2, 0.25) is 0 Å². The summed E-state index contributed by atoms with van der Waals surface area (Å²) in [5, 5.41) is 9.11. The molecule has 0 spiro atoms. The van der Waals surface area contributed by atoms with Crippen molar-refractivity contribution in [3.05, 3.63) is 65.1 Å². The van der Waals surface area contributed by atoms with Gasteiger partial charge in [0.2, 0.25) is 0 Å². The average molecular weight is 324 g/mol. The number of hydrogen-bond donors (Lipinski definition) is 1. The first-order valence-electron chi connectivity index (χ1n) is 6.45. The molecule has 1 aromatic heterocycles. The normalized spacial score (nSPS) is 12.2. The third-order valence-corrected chi connectivity index (χ3v) is 3.02. The molecule has 2 rings (SSSR count). The Morgan fingerprint density at radius 3 is 2.26 bits per heavy atom. The van der Waals surface area contributed by atoms with Gasteiger partial charge in [0.15, 0.2) is 5.78 Å². The lowest BCUT2D eigenvalue weighted by Crippen LogP contribution is -2.09. The fourth-order valence-corrected chi connectivity index (χ4v) is 1.85.